The summed E-state index contributed by atoms with van der Waals surface area (Å²) in [5.41, 5.74) is 4.42. The van der Waals surface area contributed by atoms with Crippen LogP contribution in [0.25, 0.3) is 6.08 Å². The molecule has 202 valence electrons. The van der Waals surface area contributed by atoms with Crippen molar-refractivity contribution in [1.82, 2.24) is 5.01 Å². The molecule has 3 aromatic carbocycles. The summed E-state index contributed by atoms with van der Waals surface area (Å²) < 4.78 is 22.0. The molecule has 7 nitrogen and oxygen atoms in total. The maximum atomic E-state index is 13.9. The predicted molar refractivity (Wildman–Crippen MR) is 152 cm³/mol. The highest BCUT2D eigenvalue weighted by Crippen LogP contribution is 2.46. The van der Waals surface area contributed by atoms with E-state index in [1.165, 1.54) is 0 Å². The molecule has 0 aromatic heterocycles. The van der Waals surface area contributed by atoms with Gasteiger partial charge in [-0.25, -0.2) is 5.01 Å². The highest BCUT2D eigenvalue weighted by Gasteiger charge is 2.44. The minimum Gasteiger partial charge on any atom is -0.493 e. The maximum absolute atomic E-state index is 13.9. The number of hydrogen-bond donors (Lipinski definition) is 0. The predicted octanol–water partition coefficient (Wildman–Crippen LogP) is 6.81. The van der Waals surface area contributed by atoms with Crippen LogP contribution in [-0.2, 0) is 0 Å². The van der Waals surface area contributed by atoms with Crippen molar-refractivity contribution < 1.29 is 23.7 Å². The standard InChI is InChI=1S/C31H31ClN2O5/c1-36-25-13-11-19(16-27(25)38-3)15-20-7-6-10-24-29(20)33-34(31(35)22-8-5-9-23(32)17-22)30(24)21-12-14-26(37-2)28(18-21)39-4/h5,8-9,11-18,24,30H,6-7,10H2,1-4H3/b20-15+. The molecule has 1 saturated carbocycles. The van der Waals surface area contributed by atoms with Gasteiger partial charge in [-0.05, 0) is 84.5 Å². The number of carbonyl (C=O) groups excluding carboxylic acids is 1. The molecule has 8 heteroatoms. The van der Waals surface area contributed by atoms with E-state index in [4.69, 9.17) is 35.6 Å². The molecule has 1 fully saturated rings. The number of hydrazone groups is 1. The average Bonchev–Trinajstić information content (AvgIpc) is 3.37. The minimum atomic E-state index is -0.305. The SMILES string of the molecule is COc1ccc(/C=C2\CCCC3C2=NN(C(=O)c2cccc(Cl)c2)C3c2ccc(OC)c(OC)c2)cc1OC. The molecule has 2 unspecified atom stereocenters. The number of ether oxygens (including phenoxy) is 4. The first kappa shape index (κ1) is 26.6. The van der Waals surface area contributed by atoms with Crippen molar-refractivity contribution in [3.05, 3.63) is 87.9 Å². The van der Waals surface area contributed by atoms with Crippen LogP contribution in [0.3, 0.4) is 0 Å². The zero-order chi connectivity index (χ0) is 27.5. The highest BCUT2D eigenvalue weighted by molar-refractivity contribution is 6.31. The molecule has 0 radical (unpaired) electrons. The van der Waals surface area contributed by atoms with Crippen LogP contribution in [0.2, 0.25) is 5.02 Å². The number of methoxy groups -OCH3 is 4. The highest BCUT2D eigenvalue weighted by atomic mass is 35.5. The Morgan fingerprint density at radius 2 is 1.59 bits per heavy atom. The third kappa shape index (κ3) is 5.19. The number of hydrogen-bond acceptors (Lipinski definition) is 6. The molecule has 5 rings (SSSR count). The van der Waals surface area contributed by atoms with Gasteiger partial charge in [-0.15, -0.1) is 0 Å². The molecule has 3 aromatic rings. The van der Waals surface area contributed by atoms with E-state index in [9.17, 15) is 4.79 Å². The topological polar surface area (TPSA) is 69.6 Å². The number of fused-ring (bicyclic) bond motifs is 1. The van der Waals surface area contributed by atoms with E-state index in [0.29, 0.717) is 33.6 Å². The number of amides is 1. The second kappa shape index (κ2) is 11.4. The van der Waals surface area contributed by atoms with Crippen LogP contribution in [0, 0.1) is 5.92 Å². The largest absolute Gasteiger partial charge is 0.493 e. The van der Waals surface area contributed by atoms with E-state index in [1.807, 2.05) is 36.4 Å². The Kier molecular flexibility index (Phi) is 7.79. The summed E-state index contributed by atoms with van der Waals surface area (Å²) in [6.45, 7) is 0. The van der Waals surface area contributed by atoms with Crippen LogP contribution in [0.5, 0.6) is 23.0 Å². The van der Waals surface area contributed by atoms with E-state index in [2.05, 4.69) is 6.08 Å². The summed E-state index contributed by atoms with van der Waals surface area (Å²) in [7, 11) is 6.46. The van der Waals surface area contributed by atoms with Crippen LogP contribution in [0.4, 0.5) is 0 Å². The molecule has 2 atom stereocenters. The lowest BCUT2D eigenvalue weighted by atomic mass is 9.77. The lowest BCUT2D eigenvalue weighted by Gasteiger charge is -2.30. The van der Waals surface area contributed by atoms with E-state index < -0.39 is 0 Å². The van der Waals surface area contributed by atoms with Crippen LogP contribution >= 0.6 is 11.6 Å². The zero-order valence-electron chi connectivity index (χ0n) is 22.4. The minimum absolute atomic E-state index is 0.0198. The Morgan fingerprint density at radius 3 is 2.28 bits per heavy atom. The average molecular weight is 547 g/mol. The molecule has 1 aliphatic heterocycles. The van der Waals surface area contributed by atoms with Gasteiger partial charge >= 0.3 is 0 Å². The lowest BCUT2D eigenvalue weighted by Crippen LogP contribution is -2.32. The van der Waals surface area contributed by atoms with E-state index in [1.54, 1.807) is 57.7 Å². The van der Waals surface area contributed by atoms with Crippen LogP contribution in [0.1, 0.15) is 46.8 Å². The summed E-state index contributed by atoms with van der Waals surface area (Å²) in [5, 5.41) is 7.10. The first-order valence-electron chi connectivity index (χ1n) is 12.8. The smallest absolute Gasteiger partial charge is 0.274 e. The van der Waals surface area contributed by atoms with Gasteiger partial charge in [0.25, 0.3) is 5.91 Å². The van der Waals surface area contributed by atoms with Gasteiger partial charge in [0.15, 0.2) is 23.0 Å². The van der Waals surface area contributed by atoms with Crippen molar-refractivity contribution in [1.29, 1.82) is 0 Å². The molecular formula is C31H31ClN2O5. The van der Waals surface area contributed by atoms with E-state index in [0.717, 1.165) is 41.7 Å². The number of carbonyl (C=O) groups is 1. The summed E-state index contributed by atoms with van der Waals surface area (Å²) in [4.78, 5) is 13.9. The van der Waals surface area contributed by atoms with Crippen LogP contribution < -0.4 is 18.9 Å². The number of benzene rings is 3. The van der Waals surface area contributed by atoms with Crippen molar-refractivity contribution in [2.24, 2.45) is 11.0 Å². The van der Waals surface area contributed by atoms with Gasteiger partial charge in [0, 0.05) is 16.5 Å². The Hall–Kier alpha value is -3.97. The summed E-state index contributed by atoms with van der Waals surface area (Å²) in [6.07, 6.45) is 4.87. The summed E-state index contributed by atoms with van der Waals surface area (Å²) >= 11 is 6.24. The number of allylic oxidation sites excluding steroid dienone is 1. The fourth-order valence-electron chi connectivity index (χ4n) is 5.44. The molecule has 0 saturated heterocycles. The Morgan fingerprint density at radius 1 is 0.897 bits per heavy atom. The fraction of sp³-hybridized carbons (Fsp3) is 0.290. The van der Waals surface area contributed by atoms with E-state index >= 15 is 0 Å². The van der Waals surface area contributed by atoms with Crippen molar-refractivity contribution in [2.75, 3.05) is 28.4 Å². The molecule has 0 bridgehead atoms. The number of halogens is 1. The van der Waals surface area contributed by atoms with Gasteiger partial charge in [-0.3, -0.25) is 4.79 Å². The Balaban J connectivity index is 1.59. The Bertz CT molecular complexity index is 1450. The first-order chi connectivity index (χ1) is 19.0. The summed E-state index contributed by atoms with van der Waals surface area (Å²) in [5.74, 6) is 2.39. The molecule has 0 spiro atoms. The molecule has 0 N–H and O–H groups in total. The quantitative estimate of drug-likeness (QED) is 0.325. The third-order valence-electron chi connectivity index (χ3n) is 7.28. The molecule has 2 aliphatic rings. The van der Waals surface area contributed by atoms with Gasteiger partial charge in [-0.1, -0.05) is 29.8 Å². The van der Waals surface area contributed by atoms with Gasteiger partial charge in [0.2, 0.25) is 0 Å². The van der Waals surface area contributed by atoms with Crippen LogP contribution in [0.15, 0.2) is 71.3 Å². The molecule has 1 heterocycles. The normalized spacial score (nSPS) is 19.4. The zero-order valence-corrected chi connectivity index (χ0v) is 23.2. The molecule has 39 heavy (non-hydrogen) atoms. The van der Waals surface area contributed by atoms with Crippen molar-refractivity contribution >= 4 is 29.3 Å². The van der Waals surface area contributed by atoms with Gasteiger partial charge in [0.05, 0.1) is 40.2 Å². The monoisotopic (exact) mass is 546 g/mol. The van der Waals surface area contributed by atoms with Crippen molar-refractivity contribution in [2.45, 2.75) is 25.3 Å². The Labute approximate surface area is 233 Å². The lowest BCUT2D eigenvalue weighted by molar-refractivity contribution is 0.0680. The van der Waals surface area contributed by atoms with Gasteiger partial charge < -0.3 is 18.9 Å². The molecule has 1 aliphatic carbocycles. The van der Waals surface area contributed by atoms with Crippen molar-refractivity contribution in [3.63, 3.8) is 0 Å². The third-order valence-corrected chi connectivity index (χ3v) is 7.51. The summed E-state index contributed by atoms with van der Waals surface area (Å²) in [6, 6.07) is 18.3. The van der Waals surface area contributed by atoms with Gasteiger partial charge in [-0.2, -0.15) is 5.10 Å². The molecular weight excluding hydrogens is 516 g/mol. The molecule has 1 amide bonds. The fourth-order valence-corrected chi connectivity index (χ4v) is 5.63. The van der Waals surface area contributed by atoms with Crippen LogP contribution in [-0.4, -0.2) is 45.1 Å². The van der Waals surface area contributed by atoms with Gasteiger partial charge in [0.1, 0.15) is 0 Å². The number of nitrogens with zero attached hydrogens (tertiary/aromatic N) is 2. The maximum Gasteiger partial charge on any atom is 0.274 e. The number of rotatable bonds is 7. The van der Waals surface area contributed by atoms with E-state index in [-0.39, 0.29) is 17.9 Å². The first-order valence-corrected chi connectivity index (χ1v) is 13.2. The second-order valence-corrected chi connectivity index (χ2v) is 9.92. The second-order valence-electron chi connectivity index (χ2n) is 9.49. The van der Waals surface area contributed by atoms with Crippen molar-refractivity contribution in [3.8, 4) is 23.0 Å².